The Morgan fingerprint density at radius 2 is 1.70 bits per heavy atom. The van der Waals surface area contributed by atoms with E-state index in [-0.39, 0.29) is 4.46 Å². The maximum absolute atomic E-state index is 5.59. The largest absolute Gasteiger partial charge is 0.124 e. The lowest BCUT2D eigenvalue weighted by Crippen LogP contribution is -2.19. The van der Waals surface area contributed by atoms with Crippen LogP contribution in [0.3, 0.4) is 0 Å². The number of alkyl halides is 2. The minimum Gasteiger partial charge on any atom is -0.110 e. The first kappa shape index (κ1) is 8.12. The summed E-state index contributed by atoms with van der Waals surface area (Å²) in [6.45, 7) is 0. The molecule has 0 spiro atoms. The van der Waals surface area contributed by atoms with E-state index < -0.39 is 0 Å². The summed E-state index contributed by atoms with van der Waals surface area (Å²) in [5.41, 5.74) is 0. The fraction of sp³-hybridized carbons (Fsp3) is 0.143. The topological polar surface area (TPSA) is 0 Å². The summed E-state index contributed by atoms with van der Waals surface area (Å²) >= 11 is 11.2. The smallest absolute Gasteiger partial charge is 0.110 e. The van der Waals surface area contributed by atoms with Crippen LogP contribution >= 0.6 is 23.2 Å². The first-order valence-corrected chi connectivity index (χ1v) is 4.84. The average molecular weight is 189 g/mol. The van der Waals surface area contributed by atoms with Crippen LogP contribution in [0.25, 0.3) is 0 Å². The summed E-state index contributed by atoms with van der Waals surface area (Å²) in [5, 5.41) is 1.21. The lowest BCUT2D eigenvalue weighted by molar-refractivity contribution is 1.75. The molecule has 0 bridgehead atoms. The van der Waals surface area contributed by atoms with Crippen molar-refractivity contribution >= 4 is 37.9 Å². The van der Waals surface area contributed by atoms with E-state index >= 15 is 0 Å². The highest BCUT2D eigenvalue weighted by Gasteiger charge is 2.00. The molecule has 0 heterocycles. The van der Waals surface area contributed by atoms with E-state index in [1.165, 1.54) is 5.19 Å². The zero-order valence-electron chi connectivity index (χ0n) is 5.22. The van der Waals surface area contributed by atoms with E-state index in [0.717, 1.165) is 0 Å². The molecule has 0 aliphatic carbocycles. The Labute approximate surface area is 73.0 Å². The third-order valence-corrected chi connectivity index (χ3v) is 2.59. The molecule has 0 unspecified atom stereocenters. The van der Waals surface area contributed by atoms with Gasteiger partial charge in [0.1, 0.15) is 9.52 Å². The van der Waals surface area contributed by atoms with Crippen molar-refractivity contribution in [1.82, 2.24) is 0 Å². The third kappa shape index (κ3) is 2.73. The van der Waals surface area contributed by atoms with Crippen LogP contribution < -0.4 is 5.19 Å². The van der Waals surface area contributed by atoms with Crippen LogP contribution in [0.1, 0.15) is 0 Å². The molecule has 1 aromatic rings. The molecule has 0 aliphatic heterocycles. The average Bonchev–Trinajstić information content (AvgIpc) is 1.88. The Morgan fingerprint density at radius 3 is 2.20 bits per heavy atom. The zero-order chi connectivity index (χ0) is 7.40. The van der Waals surface area contributed by atoms with Crippen LogP contribution in [0.5, 0.6) is 0 Å². The summed E-state index contributed by atoms with van der Waals surface area (Å²) in [4.78, 5) is 0. The van der Waals surface area contributed by atoms with Crippen LogP contribution in [-0.4, -0.2) is 14.0 Å². The van der Waals surface area contributed by atoms with E-state index in [0.29, 0.717) is 9.52 Å². The molecule has 10 heavy (non-hydrogen) atoms. The molecule has 0 amide bonds. The highest BCUT2D eigenvalue weighted by atomic mass is 35.5. The molecule has 1 rings (SSSR count). The number of benzene rings is 1. The normalized spacial score (nSPS) is 10.3. The Morgan fingerprint density at radius 1 is 1.10 bits per heavy atom. The molecule has 0 aliphatic rings. The fourth-order valence-corrected chi connectivity index (χ4v) is 2.05. The van der Waals surface area contributed by atoms with Gasteiger partial charge in [-0.3, -0.25) is 0 Å². The Bertz CT molecular complexity index is 186. The number of rotatable bonds is 2. The second-order valence-corrected chi connectivity index (χ2v) is 5.08. The van der Waals surface area contributed by atoms with Gasteiger partial charge in [0.05, 0.1) is 4.46 Å². The fourth-order valence-electron chi connectivity index (χ4n) is 0.660. The zero-order valence-corrected chi connectivity index (χ0v) is 7.73. The summed E-state index contributed by atoms with van der Waals surface area (Å²) in [6, 6.07) is 9.99. The molecular formula is C7H6Cl2Si. The van der Waals surface area contributed by atoms with E-state index in [9.17, 15) is 0 Å². The lowest BCUT2D eigenvalue weighted by Gasteiger charge is -1.97. The minimum absolute atomic E-state index is 0.262. The van der Waals surface area contributed by atoms with Gasteiger partial charge in [0.25, 0.3) is 0 Å². The minimum atomic E-state index is -0.262. The Kier molecular flexibility index (Phi) is 3.26. The molecule has 0 nitrogen and oxygen atoms in total. The van der Waals surface area contributed by atoms with Crippen molar-refractivity contribution in [2.45, 2.75) is 4.46 Å². The Hall–Kier alpha value is 0.0169. The first-order valence-electron chi connectivity index (χ1n) is 2.89. The molecular weight excluding hydrogens is 183 g/mol. The third-order valence-electron chi connectivity index (χ3n) is 1.05. The SMILES string of the molecule is ClC(Cl)[Si]c1ccccc1. The molecule has 3 heteroatoms. The van der Waals surface area contributed by atoms with Crippen molar-refractivity contribution in [1.29, 1.82) is 0 Å². The van der Waals surface area contributed by atoms with Crippen molar-refractivity contribution in [3.63, 3.8) is 0 Å². The van der Waals surface area contributed by atoms with Gasteiger partial charge >= 0.3 is 0 Å². The van der Waals surface area contributed by atoms with Crippen molar-refractivity contribution < 1.29 is 0 Å². The van der Waals surface area contributed by atoms with Gasteiger partial charge in [-0.05, 0) is 0 Å². The molecule has 0 fully saturated rings. The van der Waals surface area contributed by atoms with Crippen LogP contribution in [0, 0.1) is 0 Å². The summed E-state index contributed by atoms with van der Waals surface area (Å²) < 4.78 is -0.262. The van der Waals surface area contributed by atoms with Crippen LogP contribution in [0.15, 0.2) is 30.3 Å². The number of hydrogen-bond acceptors (Lipinski definition) is 0. The lowest BCUT2D eigenvalue weighted by atomic mass is 10.4. The van der Waals surface area contributed by atoms with Gasteiger partial charge < -0.3 is 0 Å². The predicted octanol–water partition coefficient (Wildman–Crippen LogP) is 1.78. The molecule has 0 aromatic heterocycles. The van der Waals surface area contributed by atoms with Crippen molar-refractivity contribution in [2.75, 3.05) is 0 Å². The van der Waals surface area contributed by atoms with Crippen molar-refractivity contribution in [3.8, 4) is 0 Å². The highest BCUT2D eigenvalue weighted by Crippen LogP contribution is 1.97. The molecule has 0 N–H and O–H groups in total. The van der Waals surface area contributed by atoms with Gasteiger partial charge in [-0.25, -0.2) is 0 Å². The summed E-state index contributed by atoms with van der Waals surface area (Å²) in [6.07, 6.45) is 0. The molecule has 1 aromatic carbocycles. The van der Waals surface area contributed by atoms with E-state index in [1.807, 2.05) is 30.3 Å². The van der Waals surface area contributed by atoms with Gasteiger partial charge in [0.2, 0.25) is 0 Å². The molecule has 2 radical (unpaired) electrons. The summed E-state index contributed by atoms with van der Waals surface area (Å²) in [5.74, 6) is 0. The van der Waals surface area contributed by atoms with Gasteiger partial charge in [0.15, 0.2) is 0 Å². The molecule has 0 saturated heterocycles. The monoisotopic (exact) mass is 188 g/mol. The molecule has 0 atom stereocenters. The van der Waals surface area contributed by atoms with Gasteiger partial charge in [-0.2, -0.15) is 0 Å². The van der Waals surface area contributed by atoms with E-state index in [4.69, 9.17) is 23.2 Å². The van der Waals surface area contributed by atoms with Crippen LogP contribution in [-0.2, 0) is 0 Å². The maximum atomic E-state index is 5.59. The highest BCUT2D eigenvalue weighted by molar-refractivity contribution is 6.75. The van der Waals surface area contributed by atoms with Crippen molar-refractivity contribution in [2.24, 2.45) is 0 Å². The summed E-state index contributed by atoms with van der Waals surface area (Å²) in [7, 11) is 0.492. The first-order chi connectivity index (χ1) is 4.79. The molecule has 52 valence electrons. The predicted molar refractivity (Wildman–Crippen MR) is 47.3 cm³/mol. The quantitative estimate of drug-likeness (QED) is 0.491. The second-order valence-electron chi connectivity index (χ2n) is 1.81. The van der Waals surface area contributed by atoms with E-state index in [2.05, 4.69) is 0 Å². The second kappa shape index (κ2) is 4.01. The maximum Gasteiger partial charge on any atom is 0.124 e. The van der Waals surface area contributed by atoms with Gasteiger partial charge in [-0.15, -0.1) is 23.2 Å². The van der Waals surface area contributed by atoms with Crippen LogP contribution in [0.4, 0.5) is 0 Å². The number of halogens is 2. The number of hydrogen-bond donors (Lipinski definition) is 0. The Balaban J connectivity index is 2.59. The van der Waals surface area contributed by atoms with Crippen molar-refractivity contribution in [3.05, 3.63) is 30.3 Å². The van der Waals surface area contributed by atoms with Crippen LogP contribution in [0.2, 0.25) is 0 Å². The van der Waals surface area contributed by atoms with E-state index in [1.54, 1.807) is 0 Å². The molecule has 0 saturated carbocycles. The van der Waals surface area contributed by atoms with Gasteiger partial charge in [-0.1, -0.05) is 35.5 Å². The van der Waals surface area contributed by atoms with Gasteiger partial charge in [0, 0.05) is 0 Å². The standard InChI is InChI=1S/C7H6Cl2Si/c8-7(9)10-6-4-2-1-3-5-6/h1-5,7H.